The number of aliphatic hydroxyl groups is 1. The fraction of sp³-hybridized carbons (Fsp3) is 0.304. The van der Waals surface area contributed by atoms with E-state index in [9.17, 15) is 19.5 Å². The van der Waals surface area contributed by atoms with Gasteiger partial charge < -0.3 is 28.7 Å². The normalized spacial score (nSPS) is 17.7. The SMILES string of the molecule is COC(=O)c1[nH]c(C)c(C(O)=C2C(=O)C(=O)N(CCCn3ccnc3)[C@@H]2c2ccco2)c1C. The molecule has 0 unspecified atom stereocenters. The lowest BCUT2D eigenvalue weighted by molar-refractivity contribution is -0.140. The van der Waals surface area contributed by atoms with Crippen LogP contribution < -0.4 is 0 Å². The van der Waals surface area contributed by atoms with Crippen molar-refractivity contribution < 1.29 is 28.6 Å². The van der Waals surface area contributed by atoms with Gasteiger partial charge in [0.25, 0.3) is 11.7 Å². The molecule has 0 bridgehead atoms. The molecule has 1 aliphatic heterocycles. The number of nitrogens with one attached hydrogen (secondary N) is 1. The van der Waals surface area contributed by atoms with Gasteiger partial charge in [0, 0.05) is 36.7 Å². The average Bonchev–Trinajstić information content (AvgIpc) is 3.58. The second-order valence-electron chi connectivity index (χ2n) is 7.78. The molecule has 1 atom stereocenters. The molecule has 4 heterocycles. The molecule has 1 amide bonds. The number of likely N-dealkylation sites (tertiary alicyclic amines) is 1. The van der Waals surface area contributed by atoms with Gasteiger partial charge in [-0.3, -0.25) is 9.59 Å². The van der Waals surface area contributed by atoms with Crippen molar-refractivity contribution in [3.63, 3.8) is 0 Å². The molecule has 1 fully saturated rings. The Hall–Kier alpha value is -4.08. The van der Waals surface area contributed by atoms with E-state index in [1.54, 1.807) is 38.5 Å². The molecular weight excluding hydrogens is 428 g/mol. The molecule has 2 N–H and O–H groups in total. The van der Waals surface area contributed by atoms with Gasteiger partial charge >= 0.3 is 5.97 Å². The summed E-state index contributed by atoms with van der Waals surface area (Å²) < 4.78 is 12.2. The monoisotopic (exact) mass is 452 g/mol. The lowest BCUT2D eigenvalue weighted by atomic mass is 9.97. The number of nitrogens with zero attached hydrogens (tertiary/aromatic N) is 3. The average molecular weight is 452 g/mol. The zero-order chi connectivity index (χ0) is 23.7. The Bertz CT molecular complexity index is 1220. The van der Waals surface area contributed by atoms with E-state index in [1.807, 2.05) is 10.8 Å². The molecule has 4 rings (SSSR count). The number of furan rings is 1. The van der Waals surface area contributed by atoms with E-state index in [-0.39, 0.29) is 29.1 Å². The largest absolute Gasteiger partial charge is 0.507 e. The van der Waals surface area contributed by atoms with E-state index >= 15 is 0 Å². The van der Waals surface area contributed by atoms with Gasteiger partial charge in [0.2, 0.25) is 0 Å². The molecular formula is C23H24N4O6. The van der Waals surface area contributed by atoms with Crippen LogP contribution in [0.5, 0.6) is 0 Å². The third kappa shape index (κ3) is 3.84. The van der Waals surface area contributed by atoms with Crippen LogP contribution in [-0.2, 0) is 20.9 Å². The van der Waals surface area contributed by atoms with E-state index in [4.69, 9.17) is 9.15 Å². The number of amides is 1. The van der Waals surface area contributed by atoms with E-state index in [1.165, 1.54) is 18.3 Å². The van der Waals surface area contributed by atoms with Crippen molar-refractivity contribution >= 4 is 23.4 Å². The summed E-state index contributed by atoms with van der Waals surface area (Å²) >= 11 is 0. The summed E-state index contributed by atoms with van der Waals surface area (Å²) in [6.07, 6.45) is 7.17. The van der Waals surface area contributed by atoms with Gasteiger partial charge in [0.05, 0.1) is 25.3 Å². The second kappa shape index (κ2) is 8.81. The molecule has 10 heteroatoms. The first-order chi connectivity index (χ1) is 15.8. The van der Waals surface area contributed by atoms with Gasteiger partial charge in [0.15, 0.2) is 0 Å². The minimum absolute atomic E-state index is 0.0841. The molecule has 3 aromatic heterocycles. The molecule has 33 heavy (non-hydrogen) atoms. The summed E-state index contributed by atoms with van der Waals surface area (Å²) in [4.78, 5) is 46.4. The van der Waals surface area contributed by atoms with Crippen molar-refractivity contribution in [3.05, 3.63) is 71.0 Å². The van der Waals surface area contributed by atoms with Gasteiger partial charge in [0.1, 0.15) is 23.3 Å². The standard InChI is InChI=1S/C23H24N4O6/c1-13-16(14(2)25-18(13)23(31)32-3)20(28)17-19(15-6-4-11-33-15)27(22(30)21(17)29)9-5-8-26-10-7-24-12-26/h4,6-7,10-12,19,25,28H,5,8-9H2,1-3H3/t19-/m1/s1. The van der Waals surface area contributed by atoms with Crippen LogP contribution in [0.25, 0.3) is 5.76 Å². The Balaban J connectivity index is 1.75. The minimum atomic E-state index is -0.891. The topological polar surface area (TPSA) is 131 Å². The number of esters is 1. The number of H-pyrrole nitrogens is 1. The molecule has 0 saturated carbocycles. The van der Waals surface area contributed by atoms with Crippen molar-refractivity contribution in [3.8, 4) is 0 Å². The molecule has 0 aliphatic carbocycles. The Kier molecular flexibility index (Phi) is 5.91. The van der Waals surface area contributed by atoms with E-state index in [0.717, 1.165) is 0 Å². The molecule has 10 nitrogen and oxygen atoms in total. The van der Waals surface area contributed by atoms with Crippen LogP contribution in [0.4, 0.5) is 0 Å². The van der Waals surface area contributed by atoms with Crippen LogP contribution in [-0.4, -0.2) is 55.9 Å². The van der Waals surface area contributed by atoms with Crippen LogP contribution in [0, 0.1) is 13.8 Å². The predicted octanol–water partition coefficient (Wildman–Crippen LogP) is 2.72. The van der Waals surface area contributed by atoms with Gasteiger partial charge in [-0.05, 0) is 38.0 Å². The maximum absolute atomic E-state index is 13.1. The summed E-state index contributed by atoms with van der Waals surface area (Å²) in [7, 11) is 1.25. The minimum Gasteiger partial charge on any atom is -0.507 e. The van der Waals surface area contributed by atoms with Gasteiger partial charge in [-0.2, -0.15) is 0 Å². The summed E-state index contributed by atoms with van der Waals surface area (Å²) in [5, 5.41) is 11.3. The second-order valence-corrected chi connectivity index (χ2v) is 7.78. The molecule has 0 aromatic carbocycles. The Morgan fingerprint density at radius 1 is 1.30 bits per heavy atom. The first-order valence-electron chi connectivity index (χ1n) is 10.4. The number of Topliss-reactive ketones (excluding diaryl/α,β-unsaturated/α-hetero) is 1. The van der Waals surface area contributed by atoms with E-state index in [0.29, 0.717) is 30.0 Å². The van der Waals surface area contributed by atoms with E-state index in [2.05, 4.69) is 9.97 Å². The fourth-order valence-corrected chi connectivity index (χ4v) is 4.24. The number of hydrogen-bond acceptors (Lipinski definition) is 7. The highest BCUT2D eigenvalue weighted by Gasteiger charge is 2.47. The predicted molar refractivity (Wildman–Crippen MR) is 116 cm³/mol. The third-order valence-corrected chi connectivity index (χ3v) is 5.79. The lowest BCUT2D eigenvalue weighted by Crippen LogP contribution is -2.31. The maximum Gasteiger partial charge on any atom is 0.354 e. The van der Waals surface area contributed by atoms with E-state index < -0.39 is 23.7 Å². The summed E-state index contributed by atoms with van der Waals surface area (Å²) in [6, 6.07) is 2.42. The van der Waals surface area contributed by atoms with Crippen molar-refractivity contribution in [1.29, 1.82) is 0 Å². The summed E-state index contributed by atoms with van der Waals surface area (Å²) in [6.45, 7) is 4.17. The van der Waals surface area contributed by atoms with Crippen LogP contribution in [0.3, 0.4) is 0 Å². The van der Waals surface area contributed by atoms with Crippen molar-refractivity contribution in [2.45, 2.75) is 32.9 Å². The highest BCUT2D eigenvalue weighted by molar-refractivity contribution is 6.46. The molecule has 0 radical (unpaired) electrons. The highest BCUT2D eigenvalue weighted by Crippen LogP contribution is 2.41. The Labute approximate surface area is 189 Å². The number of carbonyl (C=O) groups is 3. The first-order valence-corrected chi connectivity index (χ1v) is 10.4. The number of imidazole rings is 1. The molecule has 172 valence electrons. The fourth-order valence-electron chi connectivity index (χ4n) is 4.24. The number of carbonyl (C=O) groups excluding carboxylic acids is 3. The highest BCUT2D eigenvalue weighted by atomic mass is 16.5. The number of rotatable bonds is 7. The Morgan fingerprint density at radius 3 is 2.73 bits per heavy atom. The Morgan fingerprint density at radius 2 is 2.09 bits per heavy atom. The quantitative estimate of drug-likeness (QED) is 0.244. The van der Waals surface area contributed by atoms with Gasteiger partial charge in [-0.25, -0.2) is 9.78 Å². The number of aryl methyl sites for hydroxylation is 2. The number of methoxy groups -OCH3 is 1. The molecule has 1 aliphatic rings. The number of ketones is 1. The summed E-state index contributed by atoms with van der Waals surface area (Å²) in [5.41, 5.74) is 1.25. The smallest absolute Gasteiger partial charge is 0.354 e. The molecule has 1 saturated heterocycles. The van der Waals surface area contributed by atoms with Crippen molar-refractivity contribution in [1.82, 2.24) is 19.4 Å². The maximum atomic E-state index is 13.1. The van der Waals surface area contributed by atoms with Crippen molar-refractivity contribution in [2.24, 2.45) is 0 Å². The zero-order valence-corrected chi connectivity index (χ0v) is 18.5. The van der Waals surface area contributed by atoms with Gasteiger partial charge in [-0.1, -0.05) is 0 Å². The summed E-state index contributed by atoms with van der Waals surface area (Å²) in [5.74, 6) is -2.14. The molecule has 0 spiro atoms. The van der Waals surface area contributed by atoms with Crippen LogP contribution >= 0.6 is 0 Å². The van der Waals surface area contributed by atoms with Gasteiger partial charge in [-0.15, -0.1) is 0 Å². The number of aromatic amines is 1. The number of ether oxygens (including phenoxy) is 1. The number of aromatic nitrogens is 3. The lowest BCUT2D eigenvalue weighted by Gasteiger charge is -2.23. The zero-order valence-electron chi connectivity index (χ0n) is 18.5. The van der Waals surface area contributed by atoms with Crippen LogP contribution in [0.2, 0.25) is 0 Å². The first kappa shape index (κ1) is 22.1. The molecule has 3 aromatic rings. The number of aliphatic hydroxyl groups excluding tert-OH is 1. The third-order valence-electron chi connectivity index (χ3n) is 5.79. The van der Waals surface area contributed by atoms with Crippen LogP contribution in [0.15, 0.2) is 47.1 Å². The van der Waals surface area contributed by atoms with Crippen LogP contribution in [0.1, 0.15) is 45.5 Å². The van der Waals surface area contributed by atoms with Crippen molar-refractivity contribution in [2.75, 3.05) is 13.7 Å². The number of hydrogen-bond donors (Lipinski definition) is 2.